The molecule has 2 aromatic carbocycles. The van der Waals surface area contributed by atoms with E-state index >= 15 is 0 Å². The van der Waals surface area contributed by atoms with E-state index in [-0.39, 0.29) is 0 Å². The summed E-state index contributed by atoms with van der Waals surface area (Å²) in [4.78, 5) is 4.59. The molecule has 4 nitrogen and oxygen atoms in total. The first kappa shape index (κ1) is 14.6. The first-order valence-electron chi connectivity index (χ1n) is 8.16. The monoisotopic (exact) mass is 316 g/mol. The van der Waals surface area contributed by atoms with Crippen LogP contribution in [0.15, 0.2) is 65.8 Å². The van der Waals surface area contributed by atoms with Crippen LogP contribution < -0.4 is 11.1 Å². The summed E-state index contributed by atoms with van der Waals surface area (Å²) in [6, 6.07) is 18.7. The van der Waals surface area contributed by atoms with Crippen molar-refractivity contribution in [3.63, 3.8) is 0 Å². The zero-order chi connectivity index (χ0) is 16.5. The van der Waals surface area contributed by atoms with E-state index in [0.29, 0.717) is 5.82 Å². The quantitative estimate of drug-likeness (QED) is 0.778. The lowest BCUT2D eigenvalue weighted by atomic mass is 10.0. The SMILES string of the molecule is Cc1ccc(-n2cc(-c3ccccc3)c(C3=NCCN3)c2N)cc1. The highest BCUT2D eigenvalue weighted by Crippen LogP contribution is 2.32. The van der Waals surface area contributed by atoms with Gasteiger partial charge in [0.15, 0.2) is 0 Å². The third-order valence-electron chi connectivity index (χ3n) is 4.35. The number of rotatable bonds is 3. The van der Waals surface area contributed by atoms with Crippen LogP contribution in [0, 0.1) is 6.92 Å². The van der Waals surface area contributed by atoms with Crippen molar-refractivity contribution in [1.82, 2.24) is 9.88 Å². The number of aryl methyl sites for hydroxylation is 1. The van der Waals surface area contributed by atoms with E-state index in [1.807, 2.05) is 22.8 Å². The fourth-order valence-electron chi connectivity index (χ4n) is 3.09. The van der Waals surface area contributed by atoms with Crippen molar-refractivity contribution in [2.24, 2.45) is 4.99 Å². The maximum Gasteiger partial charge on any atom is 0.132 e. The Morgan fingerprint density at radius 3 is 2.46 bits per heavy atom. The van der Waals surface area contributed by atoms with Crippen molar-refractivity contribution >= 4 is 11.7 Å². The van der Waals surface area contributed by atoms with Crippen molar-refractivity contribution < 1.29 is 0 Å². The molecule has 3 aromatic rings. The van der Waals surface area contributed by atoms with Gasteiger partial charge in [0.2, 0.25) is 0 Å². The molecule has 120 valence electrons. The van der Waals surface area contributed by atoms with Gasteiger partial charge in [0.1, 0.15) is 11.7 Å². The maximum atomic E-state index is 6.53. The molecular weight excluding hydrogens is 296 g/mol. The molecule has 0 atom stereocenters. The summed E-state index contributed by atoms with van der Waals surface area (Å²) in [5.74, 6) is 1.60. The molecule has 24 heavy (non-hydrogen) atoms. The molecule has 4 heteroatoms. The third kappa shape index (κ3) is 2.46. The van der Waals surface area contributed by atoms with Crippen LogP contribution in [0.25, 0.3) is 16.8 Å². The second-order valence-corrected chi connectivity index (χ2v) is 6.03. The van der Waals surface area contributed by atoms with Gasteiger partial charge in [0.05, 0.1) is 12.1 Å². The molecule has 0 bridgehead atoms. The van der Waals surface area contributed by atoms with E-state index in [1.54, 1.807) is 0 Å². The van der Waals surface area contributed by atoms with Crippen LogP contribution in [-0.4, -0.2) is 23.5 Å². The molecule has 1 aromatic heterocycles. The predicted molar refractivity (Wildman–Crippen MR) is 99.8 cm³/mol. The molecular formula is C20H20N4. The summed E-state index contributed by atoms with van der Waals surface area (Å²) >= 11 is 0. The number of nitrogens with two attached hydrogens (primary N) is 1. The maximum absolute atomic E-state index is 6.53. The number of hydrogen-bond donors (Lipinski definition) is 2. The predicted octanol–water partition coefficient (Wildman–Crippen LogP) is 3.38. The van der Waals surface area contributed by atoms with Gasteiger partial charge in [0, 0.05) is 24.0 Å². The van der Waals surface area contributed by atoms with Crippen molar-refractivity contribution in [1.29, 1.82) is 0 Å². The lowest BCUT2D eigenvalue weighted by Gasteiger charge is -2.08. The van der Waals surface area contributed by atoms with E-state index in [1.165, 1.54) is 5.56 Å². The van der Waals surface area contributed by atoms with E-state index in [9.17, 15) is 0 Å². The first-order valence-corrected chi connectivity index (χ1v) is 8.16. The average molecular weight is 316 g/mol. The Morgan fingerprint density at radius 1 is 1.04 bits per heavy atom. The molecule has 2 heterocycles. The molecule has 4 rings (SSSR count). The molecule has 0 saturated carbocycles. The van der Waals surface area contributed by atoms with Crippen molar-refractivity contribution in [2.75, 3.05) is 18.8 Å². The van der Waals surface area contributed by atoms with Crippen LogP contribution in [0.1, 0.15) is 11.1 Å². The van der Waals surface area contributed by atoms with Gasteiger partial charge in [-0.2, -0.15) is 0 Å². The van der Waals surface area contributed by atoms with Crippen molar-refractivity contribution in [2.45, 2.75) is 6.92 Å². The highest BCUT2D eigenvalue weighted by molar-refractivity contribution is 6.09. The van der Waals surface area contributed by atoms with Crippen LogP contribution in [0.4, 0.5) is 5.82 Å². The van der Waals surface area contributed by atoms with E-state index < -0.39 is 0 Å². The van der Waals surface area contributed by atoms with Gasteiger partial charge in [-0.05, 0) is 24.6 Å². The normalized spacial score (nSPS) is 13.6. The van der Waals surface area contributed by atoms with Crippen LogP contribution >= 0.6 is 0 Å². The molecule has 0 fully saturated rings. The van der Waals surface area contributed by atoms with Crippen molar-refractivity contribution in [3.05, 3.63) is 71.9 Å². The Bertz CT molecular complexity index is 889. The summed E-state index contributed by atoms with van der Waals surface area (Å²) in [5, 5.41) is 3.35. The number of nitrogens with zero attached hydrogens (tertiary/aromatic N) is 2. The summed E-state index contributed by atoms with van der Waals surface area (Å²) in [7, 11) is 0. The summed E-state index contributed by atoms with van der Waals surface area (Å²) < 4.78 is 2.04. The molecule has 1 aliphatic rings. The highest BCUT2D eigenvalue weighted by atomic mass is 15.1. The van der Waals surface area contributed by atoms with Crippen LogP contribution in [-0.2, 0) is 0 Å². The highest BCUT2D eigenvalue weighted by Gasteiger charge is 2.22. The zero-order valence-electron chi connectivity index (χ0n) is 13.7. The number of amidine groups is 1. The van der Waals surface area contributed by atoms with Crippen LogP contribution in [0.3, 0.4) is 0 Å². The van der Waals surface area contributed by atoms with Gasteiger partial charge in [-0.1, -0.05) is 48.0 Å². The second kappa shape index (κ2) is 5.89. The van der Waals surface area contributed by atoms with Crippen molar-refractivity contribution in [3.8, 4) is 16.8 Å². The Hall–Kier alpha value is -3.01. The minimum Gasteiger partial charge on any atom is -0.384 e. The van der Waals surface area contributed by atoms with Crippen LogP contribution in [0.5, 0.6) is 0 Å². The van der Waals surface area contributed by atoms with Gasteiger partial charge < -0.3 is 15.6 Å². The summed E-state index contributed by atoms with van der Waals surface area (Å²) in [6.45, 7) is 3.73. The number of aromatic nitrogens is 1. The first-order chi connectivity index (χ1) is 11.7. The van der Waals surface area contributed by atoms with E-state index in [2.05, 4.69) is 59.8 Å². The second-order valence-electron chi connectivity index (χ2n) is 6.03. The molecule has 0 amide bonds. The number of aliphatic imine (C=N–C) groups is 1. The Morgan fingerprint density at radius 2 is 1.79 bits per heavy atom. The van der Waals surface area contributed by atoms with E-state index in [0.717, 1.165) is 41.3 Å². The molecule has 1 aliphatic heterocycles. The fourth-order valence-corrected chi connectivity index (χ4v) is 3.09. The lowest BCUT2D eigenvalue weighted by molar-refractivity contribution is 0.960. The van der Waals surface area contributed by atoms with Gasteiger partial charge in [0.25, 0.3) is 0 Å². The molecule has 0 aliphatic carbocycles. The van der Waals surface area contributed by atoms with Gasteiger partial charge in [-0.25, -0.2) is 0 Å². The Labute approximate surface area is 141 Å². The molecule has 3 N–H and O–H groups in total. The summed E-state index contributed by atoms with van der Waals surface area (Å²) in [6.07, 6.45) is 2.10. The van der Waals surface area contributed by atoms with E-state index in [4.69, 9.17) is 5.73 Å². The third-order valence-corrected chi connectivity index (χ3v) is 4.35. The Kier molecular flexibility index (Phi) is 3.58. The van der Waals surface area contributed by atoms with Crippen LogP contribution in [0.2, 0.25) is 0 Å². The minimum absolute atomic E-state index is 0.714. The summed E-state index contributed by atoms with van der Waals surface area (Å²) in [5.41, 5.74) is 12.0. The number of anilines is 1. The zero-order valence-corrected chi connectivity index (χ0v) is 13.7. The minimum atomic E-state index is 0.714. The smallest absolute Gasteiger partial charge is 0.132 e. The number of hydrogen-bond acceptors (Lipinski definition) is 3. The fraction of sp³-hybridized carbons (Fsp3) is 0.150. The molecule has 0 spiro atoms. The number of nitrogen functional groups attached to an aromatic ring is 1. The lowest BCUT2D eigenvalue weighted by Crippen LogP contribution is -2.21. The van der Waals surface area contributed by atoms with Gasteiger partial charge in [-0.15, -0.1) is 0 Å². The molecule has 0 saturated heterocycles. The largest absolute Gasteiger partial charge is 0.384 e. The number of benzene rings is 2. The standard InChI is InChI=1S/C20H20N4/c1-14-7-9-16(10-8-14)24-13-17(15-5-3-2-4-6-15)18(19(24)21)20-22-11-12-23-20/h2-10,13H,11-12,21H2,1H3,(H,22,23). The number of nitrogens with one attached hydrogen (secondary N) is 1. The molecule has 0 unspecified atom stereocenters. The average Bonchev–Trinajstić information content (AvgIpc) is 3.24. The topological polar surface area (TPSA) is 55.3 Å². The Balaban J connectivity index is 1.92. The van der Waals surface area contributed by atoms with Gasteiger partial charge in [-0.3, -0.25) is 4.99 Å². The van der Waals surface area contributed by atoms with Gasteiger partial charge >= 0.3 is 0 Å². The molecule has 0 radical (unpaired) electrons.